The lowest BCUT2D eigenvalue weighted by molar-refractivity contribution is 0.0716. The number of aryl methyl sites for hydroxylation is 1. The van der Waals surface area contributed by atoms with Gasteiger partial charge in [-0.3, -0.25) is 9.59 Å². The summed E-state index contributed by atoms with van der Waals surface area (Å²) in [6.07, 6.45) is 0.418. The Morgan fingerprint density at radius 1 is 1.19 bits per heavy atom. The number of nitrogens with zero attached hydrogens (tertiary/aromatic N) is 1. The van der Waals surface area contributed by atoms with Crippen LogP contribution in [0.3, 0.4) is 0 Å². The Bertz CT molecular complexity index is 1090. The number of hydrogen-bond donors (Lipinski definition) is 1. The number of carbonyl (C=O) groups excluding carboxylic acids is 1. The zero-order valence-electron chi connectivity index (χ0n) is 14.7. The van der Waals surface area contributed by atoms with Gasteiger partial charge in [0.25, 0.3) is 5.91 Å². The van der Waals surface area contributed by atoms with Gasteiger partial charge in [-0.25, -0.2) is 0 Å². The number of fused-ring (bicyclic) bond motifs is 2. The molecule has 1 atom stereocenters. The van der Waals surface area contributed by atoms with Crippen molar-refractivity contribution in [1.29, 1.82) is 0 Å². The topological polar surface area (TPSA) is 70.8 Å². The van der Waals surface area contributed by atoms with Crippen LogP contribution < -0.4 is 5.43 Å². The van der Waals surface area contributed by atoms with Crippen LogP contribution in [0.1, 0.15) is 39.7 Å². The van der Waals surface area contributed by atoms with Crippen molar-refractivity contribution in [3.05, 3.63) is 80.2 Å². The van der Waals surface area contributed by atoms with Crippen molar-refractivity contribution < 1.29 is 14.3 Å². The molecule has 27 heavy (non-hydrogen) atoms. The molecule has 2 heterocycles. The minimum Gasteiger partial charge on any atom is -0.450 e. The lowest BCUT2D eigenvalue weighted by atomic mass is 9.98. The highest BCUT2D eigenvalue weighted by atomic mass is 35.5. The minimum absolute atomic E-state index is 0.0419. The van der Waals surface area contributed by atoms with Gasteiger partial charge < -0.3 is 14.4 Å². The molecule has 0 bridgehead atoms. The molecular formula is C21H18ClNO4. The predicted molar refractivity (Wildman–Crippen MR) is 103 cm³/mol. The predicted octanol–water partition coefficient (Wildman–Crippen LogP) is 3.68. The number of rotatable bonds is 4. The van der Waals surface area contributed by atoms with Crippen LogP contribution in [0.4, 0.5) is 0 Å². The summed E-state index contributed by atoms with van der Waals surface area (Å²) in [5, 5.41) is 10.1. The molecule has 0 spiro atoms. The third-order valence-corrected chi connectivity index (χ3v) is 5.33. The fourth-order valence-electron chi connectivity index (χ4n) is 3.59. The molecule has 0 saturated carbocycles. The molecule has 0 saturated heterocycles. The van der Waals surface area contributed by atoms with Gasteiger partial charge in [0.1, 0.15) is 5.58 Å². The number of amides is 1. The van der Waals surface area contributed by atoms with Crippen LogP contribution in [0.2, 0.25) is 5.02 Å². The van der Waals surface area contributed by atoms with Crippen molar-refractivity contribution in [2.24, 2.45) is 0 Å². The van der Waals surface area contributed by atoms with Crippen LogP contribution in [-0.4, -0.2) is 29.1 Å². The molecule has 1 N–H and O–H groups in total. The van der Waals surface area contributed by atoms with Crippen molar-refractivity contribution in [1.82, 2.24) is 4.90 Å². The summed E-state index contributed by atoms with van der Waals surface area (Å²) in [6.45, 7) is 2.10. The number of halogens is 1. The second-order valence-corrected chi connectivity index (χ2v) is 7.07. The molecule has 1 unspecified atom stereocenters. The van der Waals surface area contributed by atoms with Crippen molar-refractivity contribution in [2.75, 3.05) is 13.2 Å². The first kappa shape index (κ1) is 17.8. The zero-order chi connectivity index (χ0) is 19.1. The number of aliphatic hydroxyl groups is 1. The molecule has 1 aliphatic rings. The van der Waals surface area contributed by atoms with E-state index < -0.39 is 6.04 Å². The van der Waals surface area contributed by atoms with E-state index in [4.69, 9.17) is 16.0 Å². The molecule has 5 nitrogen and oxygen atoms in total. The summed E-state index contributed by atoms with van der Waals surface area (Å²) in [7, 11) is 0. The molecule has 0 radical (unpaired) electrons. The summed E-state index contributed by atoms with van der Waals surface area (Å²) in [5.74, 6) is -0.264. The maximum Gasteiger partial charge on any atom is 0.290 e. The number of aliphatic hydroxyl groups excluding tert-OH is 1. The molecule has 1 aromatic heterocycles. The van der Waals surface area contributed by atoms with Gasteiger partial charge in [0, 0.05) is 18.2 Å². The highest BCUT2D eigenvalue weighted by Crippen LogP contribution is 2.38. The zero-order valence-corrected chi connectivity index (χ0v) is 15.5. The summed E-state index contributed by atoms with van der Waals surface area (Å²) in [4.78, 5) is 27.9. The van der Waals surface area contributed by atoms with Gasteiger partial charge in [0.2, 0.25) is 5.76 Å². The lowest BCUT2D eigenvalue weighted by Crippen LogP contribution is -2.31. The molecule has 3 aromatic rings. The Morgan fingerprint density at radius 3 is 2.63 bits per heavy atom. The first-order valence-electron chi connectivity index (χ1n) is 8.76. The van der Waals surface area contributed by atoms with Crippen LogP contribution in [0.15, 0.2) is 51.7 Å². The van der Waals surface area contributed by atoms with Gasteiger partial charge in [0.05, 0.1) is 17.0 Å². The average molecular weight is 384 g/mol. The van der Waals surface area contributed by atoms with Gasteiger partial charge in [0.15, 0.2) is 5.43 Å². The maximum absolute atomic E-state index is 13.3. The van der Waals surface area contributed by atoms with Gasteiger partial charge in [-0.2, -0.15) is 0 Å². The van der Waals surface area contributed by atoms with Crippen molar-refractivity contribution in [2.45, 2.75) is 19.4 Å². The van der Waals surface area contributed by atoms with E-state index in [1.165, 1.54) is 0 Å². The second kappa shape index (κ2) is 6.83. The number of hydrogen-bond acceptors (Lipinski definition) is 4. The first-order valence-corrected chi connectivity index (χ1v) is 9.14. The monoisotopic (exact) mass is 383 g/mol. The summed E-state index contributed by atoms with van der Waals surface area (Å²) in [5.41, 5.74) is 2.03. The molecule has 1 amide bonds. The van der Waals surface area contributed by atoms with E-state index in [-0.39, 0.29) is 23.7 Å². The summed E-state index contributed by atoms with van der Waals surface area (Å²) >= 11 is 6.20. The molecule has 138 valence electrons. The van der Waals surface area contributed by atoms with E-state index in [2.05, 4.69) is 0 Å². The molecule has 4 rings (SSSR count). The Balaban J connectivity index is 1.99. The molecular weight excluding hydrogens is 366 g/mol. The highest BCUT2D eigenvalue weighted by molar-refractivity contribution is 6.32. The Morgan fingerprint density at radius 2 is 1.93 bits per heavy atom. The Kier molecular flexibility index (Phi) is 4.50. The largest absolute Gasteiger partial charge is 0.450 e. The quantitative estimate of drug-likeness (QED) is 0.746. The summed E-state index contributed by atoms with van der Waals surface area (Å²) < 4.78 is 5.88. The van der Waals surface area contributed by atoms with Gasteiger partial charge in [-0.05, 0) is 36.6 Å². The second-order valence-electron chi connectivity index (χ2n) is 6.66. The van der Waals surface area contributed by atoms with Gasteiger partial charge in [-0.15, -0.1) is 0 Å². The fourth-order valence-corrected chi connectivity index (χ4v) is 3.76. The molecule has 0 aliphatic carbocycles. The van der Waals surface area contributed by atoms with Crippen LogP contribution in [-0.2, 0) is 0 Å². The van der Waals surface area contributed by atoms with E-state index in [9.17, 15) is 14.7 Å². The Labute approximate surface area is 160 Å². The van der Waals surface area contributed by atoms with Crippen LogP contribution >= 0.6 is 11.6 Å². The van der Waals surface area contributed by atoms with Gasteiger partial charge >= 0.3 is 0 Å². The SMILES string of the molecule is Cc1cc2oc3c(c(=O)c2cc1Cl)C(c1ccccc1)N(CCCO)C3=O. The first-order chi connectivity index (χ1) is 13.0. The van der Waals surface area contributed by atoms with Gasteiger partial charge in [-0.1, -0.05) is 41.9 Å². The molecule has 2 aromatic carbocycles. The van der Waals surface area contributed by atoms with Crippen molar-refractivity contribution in [3.8, 4) is 0 Å². The molecule has 0 fully saturated rings. The van der Waals surface area contributed by atoms with Crippen LogP contribution in [0.5, 0.6) is 0 Å². The number of benzene rings is 2. The Hall–Kier alpha value is -2.63. The molecule has 1 aliphatic heterocycles. The smallest absolute Gasteiger partial charge is 0.290 e. The number of carbonyl (C=O) groups is 1. The lowest BCUT2D eigenvalue weighted by Gasteiger charge is -2.24. The van der Waals surface area contributed by atoms with Crippen molar-refractivity contribution in [3.63, 3.8) is 0 Å². The standard InChI is InChI=1S/C21H18ClNO4/c1-12-10-16-14(11-15(12)22)19(25)17-18(13-6-3-2-4-7-13)23(8-5-9-24)21(26)20(17)27-16/h2-4,6-7,10-11,18,24H,5,8-9H2,1H3. The van der Waals surface area contributed by atoms with E-state index in [0.29, 0.717) is 34.5 Å². The minimum atomic E-state index is -0.541. The summed E-state index contributed by atoms with van der Waals surface area (Å²) in [6, 6.07) is 12.1. The van der Waals surface area contributed by atoms with E-state index in [0.717, 1.165) is 11.1 Å². The van der Waals surface area contributed by atoms with E-state index >= 15 is 0 Å². The average Bonchev–Trinajstić information content (AvgIpc) is 2.95. The highest BCUT2D eigenvalue weighted by Gasteiger charge is 2.42. The van der Waals surface area contributed by atoms with Crippen molar-refractivity contribution >= 4 is 28.5 Å². The third kappa shape index (κ3) is 2.83. The molecule has 6 heteroatoms. The van der Waals surface area contributed by atoms with Crippen LogP contribution in [0.25, 0.3) is 11.0 Å². The third-order valence-electron chi connectivity index (χ3n) is 4.92. The van der Waals surface area contributed by atoms with E-state index in [1.54, 1.807) is 17.0 Å². The fraction of sp³-hybridized carbons (Fsp3) is 0.238. The van der Waals surface area contributed by atoms with Crippen LogP contribution in [0, 0.1) is 6.92 Å². The maximum atomic E-state index is 13.3. The van der Waals surface area contributed by atoms with E-state index in [1.807, 2.05) is 37.3 Å². The normalized spacial score (nSPS) is 16.2.